The molecule has 16 heavy (non-hydrogen) atoms. The summed E-state index contributed by atoms with van der Waals surface area (Å²) in [6.07, 6.45) is 1.89. The summed E-state index contributed by atoms with van der Waals surface area (Å²) in [5, 5.41) is 7.71. The second kappa shape index (κ2) is 4.26. The second-order valence-corrected chi connectivity index (χ2v) is 4.01. The maximum atomic E-state index is 10.9. The molecule has 0 aliphatic heterocycles. The normalized spacial score (nSPS) is 10.4. The first-order chi connectivity index (χ1) is 7.65. The highest BCUT2D eigenvalue weighted by atomic mass is 79.9. The number of nitrogens with zero attached hydrogens (tertiary/aromatic N) is 5. The van der Waals surface area contributed by atoms with Gasteiger partial charge in [0.05, 0.1) is 5.56 Å². The molecular formula is C8H5BrClN5O. The van der Waals surface area contributed by atoms with Crippen LogP contribution < -0.4 is 0 Å². The first-order valence-electron chi connectivity index (χ1n) is 4.16. The number of hydrogen-bond donors (Lipinski definition) is 0. The predicted molar refractivity (Wildman–Crippen MR) is 60.1 cm³/mol. The van der Waals surface area contributed by atoms with Crippen molar-refractivity contribution in [1.82, 2.24) is 25.0 Å². The molecule has 0 radical (unpaired) electrons. The Morgan fingerprint density at radius 3 is 2.81 bits per heavy atom. The number of aryl methyl sites for hydroxylation is 1. The summed E-state index contributed by atoms with van der Waals surface area (Å²) in [6, 6.07) is 0. The van der Waals surface area contributed by atoms with Crippen LogP contribution in [0.25, 0.3) is 11.4 Å². The quantitative estimate of drug-likeness (QED) is 0.621. The largest absolute Gasteiger partial charge is 0.298 e. The summed E-state index contributed by atoms with van der Waals surface area (Å²) < 4.78 is 1.99. The highest BCUT2D eigenvalue weighted by Gasteiger charge is 2.18. The van der Waals surface area contributed by atoms with Crippen LogP contribution in [0.4, 0.5) is 0 Å². The number of halogens is 2. The summed E-state index contributed by atoms with van der Waals surface area (Å²) in [4.78, 5) is 18.7. The summed E-state index contributed by atoms with van der Waals surface area (Å²) in [7, 11) is 1.69. The minimum atomic E-state index is 0.105. The van der Waals surface area contributed by atoms with Crippen LogP contribution in [0, 0.1) is 0 Å². The van der Waals surface area contributed by atoms with Gasteiger partial charge in [-0.15, -0.1) is 5.10 Å². The van der Waals surface area contributed by atoms with Gasteiger partial charge in [0, 0.05) is 7.05 Å². The molecular weight excluding hydrogens is 297 g/mol. The van der Waals surface area contributed by atoms with Crippen LogP contribution in [0.1, 0.15) is 10.4 Å². The van der Waals surface area contributed by atoms with E-state index in [-0.39, 0.29) is 10.7 Å². The molecule has 0 saturated heterocycles. The average Bonchev–Trinajstić information content (AvgIpc) is 2.58. The molecule has 0 saturated carbocycles. The lowest BCUT2D eigenvalue weighted by atomic mass is 10.2. The fourth-order valence-electron chi connectivity index (χ4n) is 1.25. The smallest absolute Gasteiger partial charge is 0.157 e. The van der Waals surface area contributed by atoms with Gasteiger partial charge >= 0.3 is 0 Å². The number of carbonyl (C=O) groups excluding carboxylic acids is 1. The van der Waals surface area contributed by atoms with Crippen molar-refractivity contribution < 1.29 is 4.79 Å². The molecule has 2 heterocycles. The van der Waals surface area contributed by atoms with Crippen molar-refractivity contribution >= 4 is 33.8 Å². The number of aldehydes is 1. The minimum Gasteiger partial charge on any atom is -0.298 e. The van der Waals surface area contributed by atoms with E-state index in [9.17, 15) is 4.79 Å². The van der Waals surface area contributed by atoms with Gasteiger partial charge in [0.25, 0.3) is 0 Å². The lowest BCUT2D eigenvalue weighted by molar-refractivity contribution is 0.112. The van der Waals surface area contributed by atoms with Gasteiger partial charge in [-0.05, 0) is 15.9 Å². The molecule has 82 valence electrons. The van der Waals surface area contributed by atoms with Gasteiger partial charge in [-0.3, -0.25) is 4.79 Å². The van der Waals surface area contributed by atoms with Crippen LogP contribution in [0.3, 0.4) is 0 Å². The van der Waals surface area contributed by atoms with E-state index in [1.807, 2.05) is 0 Å². The van der Waals surface area contributed by atoms with E-state index < -0.39 is 0 Å². The Balaban J connectivity index is 2.74. The van der Waals surface area contributed by atoms with Crippen LogP contribution in [0.15, 0.2) is 10.9 Å². The Morgan fingerprint density at radius 1 is 1.50 bits per heavy atom. The second-order valence-electron chi connectivity index (χ2n) is 2.90. The minimum absolute atomic E-state index is 0.105. The molecule has 2 aromatic heterocycles. The Kier molecular flexibility index (Phi) is 2.97. The van der Waals surface area contributed by atoms with E-state index in [4.69, 9.17) is 11.6 Å². The van der Waals surface area contributed by atoms with Gasteiger partial charge in [-0.25, -0.2) is 14.6 Å². The monoisotopic (exact) mass is 301 g/mol. The number of hydrogen-bond acceptors (Lipinski definition) is 5. The molecule has 0 bridgehead atoms. The fraction of sp³-hybridized carbons (Fsp3) is 0.125. The molecule has 2 rings (SSSR count). The van der Waals surface area contributed by atoms with E-state index >= 15 is 0 Å². The van der Waals surface area contributed by atoms with E-state index in [1.54, 1.807) is 7.05 Å². The van der Waals surface area contributed by atoms with Crippen molar-refractivity contribution in [3.8, 4) is 11.4 Å². The zero-order valence-electron chi connectivity index (χ0n) is 8.05. The molecule has 2 aromatic rings. The van der Waals surface area contributed by atoms with Gasteiger partial charge < -0.3 is 0 Å². The molecule has 0 N–H and O–H groups in total. The zero-order chi connectivity index (χ0) is 11.7. The van der Waals surface area contributed by atoms with Crippen molar-refractivity contribution in [3.05, 3.63) is 21.6 Å². The third kappa shape index (κ3) is 1.72. The molecule has 6 nitrogen and oxygen atoms in total. The lowest BCUT2D eigenvalue weighted by Crippen LogP contribution is -2.01. The van der Waals surface area contributed by atoms with Gasteiger partial charge in [0.1, 0.15) is 22.9 Å². The zero-order valence-corrected chi connectivity index (χ0v) is 10.4. The highest BCUT2D eigenvalue weighted by molar-refractivity contribution is 9.10. The van der Waals surface area contributed by atoms with E-state index in [2.05, 4.69) is 36.2 Å². The summed E-state index contributed by atoms with van der Waals surface area (Å²) in [5.74, 6) is 0. The molecule has 0 aliphatic rings. The van der Waals surface area contributed by atoms with Crippen LogP contribution in [0.2, 0.25) is 5.15 Å². The van der Waals surface area contributed by atoms with Crippen molar-refractivity contribution in [2.24, 2.45) is 7.05 Å². The van der Waals surface area contributed by atoms with Crippen LogP contribution in [-0.2, 0) is 7.05 Å². The third-order valence-corrected chi connectivity index (χ3v) is 2.80. The Labute approximate surface area is 104 Å². The molecule has 0 unspecified atom stereocenters. The van der Waals surface area contributed by atoms with Crippen molar-refractivity contribution in [2.45, 2.75) is 0 Å². The summed E-state index contributed by atoms with van der Waals surface area (Å²) >= 11 is 9.03. The summed E-state index contributed by atoms with van der Waals surface area (Å²) in [6.45, 7) is 0. The van der Waals surface area contributed by atoms with Crippen molar-refractivity contribution in [3.63, 3.8) is 0 Å². The summed E-state index contributed by atoms with van der Waals surface area (Å²) in [5.41, 5.74) is 1.19. The van der Waals surface area contributed by atoms with Crippen LogP contribution in [0.5, 0.6) is 0 Å². The molecule has 0 atom stereocenters. The number of carbonyl (C=O) groups is 1. The van der Waals surface area contributed by atoms with E-state index in [0.29, 0.717) is 22.3 Å². The SMILES string of the molecule is Cn1nnc(Br)c1-c1ncnc(Cl)c1C=O. The molecule has 0 fully saturated rings. The maximum absolute atomic E-state index is 10.9. The highest BCUT2D eigenvalue weighted by Crippen LogP contribution is 2.28. The van der Waals surface area contributed by atoms with Crippen LogP contribution in [-0.4, -0.2) is 31.2 Å². The molecule has 0 spiro atoms. The fourth-order valence-corrected chi connectivity index (χ4v) is 1.94. The molecule has 8 heteroatoms. The third-order valence-electron chi connectivity index (χ3n) is 1.96. The van der Waals surface area contributed by atoms with E-state index in [0.717, 1.165) is 0 Å². The Bertz CT molecular complexity index is 536. The van der Waals surface area contributed by atoms with Gasteiger partial charge in [-0.1, -0.05) is 16.8 Å². The maximum Gasteiger partial charge on any atom is 0.157 e. The van der Waals surface area contributed by atoms with Gasteiger partial charge in [0.2, 0.25) is 0 Å². The average molecular weight is 303 g/mol. The first-order valence-corrected chi connectivity index (χ1v) is 5.33. The first kappa shape index (κ1) is 11.2. The number of aromatic nitrogens is 5. The lowest BCUT2D eigenvalue weighted by Gasteiger charge is -2.04. The van der Waals surface area contributed by atoms with Crippen molar-refractivity contribution in [2.75, 3.05) is 0 Å². The molecule has 0 aromatic carbocycles. The molecule has 0 aliphatic carbocycles. The standard InChI is InChI=1S/C8H5BrClN5O/c1-15-6(7(9)13-14-15)5-4(2-16)8(10)12-3-11-5/h2-3H,1H3. The van der Waals surface area contributed by atoms with Crippen molar-refractivity contribution in [1.29, 1.82) is 0 Å². The topological polar surface area (TPSA) is 73.6 Å². The van der Waals surface area contributed by atoms with Gasteiger partial charge in [-0.2, -0.15) is 0 Å². The van der Waals surface area contributed by atoms with Gasteiger partial charge in [0.15, 0.2) is 10.9 Å². The Hall–Kier alpha value is -1.34. The molecule has 0 amide bonds. The van der Waals surface area contributed by atoms with Crippen LogP contribution >= 0.6 is 27.5 Å². The van der Waals surface area contributed by atoms with E-state index in [1.165, 1.54) is 11.0 Å². The predicted octanol–water partition coefficient (Wildman–Crippen LogP) is 1.50. The number of rotatable bonds is 2. The Morgan fingerprint density at radius 2 is 2.25 bits per heavy atom.